The Balaban J connectivity index is 1.57. The molecular weight excluding hydrogens is 451 g/mol. The summed E-state index contributed by atoms with van der Waals surface area (Å²) in [6.07, 6.45) is 2.54. The number of halogens is 1. The van der Waals surface area contributed by atoms with Crippen LogP contribution in [0.3, 0.4) is 0 Å². The van der Waals surface area contributed by atoms with Gasteiger partial charge < -0.3 is 20.3 Å². The van der Waals surface area contributed by atoms with Gasteiger partial charge in [-0.2, -0.15) is 0 Å². The van der Waals surface area contributed by atoms with Crippen molar-refractivity contribution in [1.82, 2.24) is 10.2 Å². The highest BCUT2D eigenvalue weighted by Gasteiger charge is 2.37. The topological polar surface area (TPSA) is 91.0 Å². The molecule has 1 unspecified atom stereocenters. The lowest BCUT2D eigenvalue weighted by Gasteiger charge is -2.45. The summed E-state index contributed by atoms with van der Waals surface area (Å²) in [7, 11) is 3.61. The van der Waals surface area contributed by atoms with Gasteiger partial charge in [0, 0.05) is 35.6 Å². The summed E-state index contributed by atoms with van der Waals surface area (Å²) in [5.74, 6) is -0.765. The van der Waals surface area contributed by atoms with Crippen LogP contribution in [0.5, 0.6) is 5.75 Å². The monoisotopic (exact) mass is 480 g/mol. The van der Waals surface area contributed by atoms with Crippen molar-refractivity contribution >= 4 is 35.3 Å². The Morgan fingerprint density at radius 1 is 1.26 bits per heavy atom. The molecule has 2 aromatic carbocycles. The first-order valence-electron chi connectivity index (χ1n) is 11.4. The largest absolute Gasteiger partial charge is 0.496 e. The highest BCUT2D eigenvalue weighted by Crippen LogP contribution is 2.45. The van der Waals surface area contributed by atoms with E-state index >= 15 is 0 Å². The van der Waals surface area contributed by atoms with Crippen LogP contribution in [0.4, 0.5) is 20.6 Å². The molecule has 2 aromatic rings. The van der Waals surface area contributed by atoms with Gasteiger partial charge in [0.2, 0.25) is 5.91 Å². The predicted molar refractivity (Wildman–Crippen MR) is 132 cm³/mol. The summed E-state index contributed by atoms with van der Waals surface area (Å²) in [6.45, 7) is 6.09. The second-order valence-corrected chi connectivity index (χ2v) is 9.56. The fourth-order valence-electron chi connectivity index (χ4n) is 4.65. The van der Waals surface area contributed by atoms with Crippen molar-refractivity contribution in [2.45, 2.75) is 38.6 Å². The third kappa shape index (κ3) is 4.71. The lowest BCUT2D eigenvalue weighted by atomic mass is 9.80. The molecule has 0 radical (unpaired) electrons. The number of urea groups is 1. The number of benzene rings is 2. The first-order valence-corrected chi connectivity index (χ1v) is 11.4. The summed E-state index contributed by atoms with van der Waals surface area (Å²) in [5, 5.41) is 5.09. The molecule has 0 bridgehead atoms. The Morgan fingerprint density at radius 3 is 2.60 bits per heavy atom. The molecule has 2 heterocycles. The second kappa shape index (κ2) is 9.05. The fourth-order valence-corrected chi connectivity index (χ4v) is 4.65. The van der Waals surface area contributed by atoms with Gasteiger partial charge in [0.1, 0.15) is 23.8 Å². The van der Waals surface area contributed by atoms with Crippen LogP contribution in [0.2, 0.25) is 0 Å². The van der Waals surface area contributed by atoms with Gasteiger partial charge in [-0.1, -0.05) is 6.92 Å². The summed E-state index contributed by atoms with van der Waals surface area (Å²) >= 11 is 0. The molecule has 2 aliphatic heterocycles. The number of carbonyl (C=O) groups excluding carboxylic acids is 3. The molecule has 4 rings (SSSR count). The minimum Gasteiger partial charge on any atom is -0.496 e. The van der Waals surface area contributed by atoms with Gasteiger partial charge in [0.05, 0.1) is 7.11 Å². The van der Waals surface area contributed by atoms with E-state index in [2.05, 4.69) is 43.4 Å². The van der Waals surface area contributed by atoms with E-state index in [4.69, 9.17) is 4.74 Å². The van der Waals surface area contributed by atoms with Gasteiger partial charge in [-0.15, -0.1) is 0 Å². The Kier molecular flexibility index (Phi) is 6.27. The third-order valence-electron chi connectivity index (χ3n) is 6.68. The zero-order valence-corrected chi connectivity index (χ0v) is 20.4. The highest BCUT2D eigenvalue weighted by molar-refractivity contribution is 6.16. The molecule has 4 amide bonds. The van der Waals surface area contributed by atoms with E-state index in [1.54, 1.807) is 13.2 Å². The second-order valence-electron chi connectivity index (χ2n) is 9.56. The van der Waals surface area contributed by atoms with Crippen molar-refractivity contribution in [3.8, 4) is 5.75 Å². The minimum atomic E-state index is -0.692. The third-order valence-corrected chi connectivity index (χ3v) is 6.68. The number of anilines is 2. The highest BCUT2D eigenvalue weighted by atomic mass is 19.1. The van der Waals surface area contributed by atoms with Crippen molar-refractivity contribution in [3.63, 3.8) is 0 Å². The number of fused-ring (bicyclic) bond motifs is 1. The molecule has 1 fully saturated rings. The van der Waals surface area contributed by atoms with Crippen LogP contribution in [0.25, 0.3) is 6.08 Å². The molecule has 0 aromatic heterocycles. The molecule has 0 aliphatic carbocycles. The molecule has 1 saturated heterocycles. The van der Waals surface area contributed by atoms with E-state index in [0.29, 0.717) is 22.9 Å². The summed E-state index contributed by atoms with van der Waals surface area (Å²) < 4.78 is 18.7. The Labute approximate surface area is 203 Å². The molecule has 0 saturated carbocycles. The first kappa shape index (κ1) is 24.3. The molecular formula is C26H29FN4O4. The Bertz CT molecular complexity index is 1220. The van der Waals surface area contributed by atoms with E-state index in [0.717, 1.165) is 22.6 Å². The van der Waals surface area contributed by atoms with Crippen molar-refractivity contribution in [2.24, 2.45) is 0 Å². The number of nitrogens with one attached hydrogen (secondary N) is 2. The normalized spacial score (nSPS) is 20.1. The average Bonchev–Trinajstić information content (AvgIpc) is 3.06. The van der Waals surface area contributed by atoms with Gasteiger partial charge in [-0.3, -0.25) is 9.59 Å². The van der Waals surface area contributed by atoms with Crippen molar-refractivity contribution in [3.05, 3.63) is 59.0 Å². The van der Waals surface area contributed by atoms with E-state index in [-0.39, 0.29) is 11.2 Å². The predicted octanol–water partition coefficient (Wildman–Crippen LogP) is 4.09. The number of carbonyl (C=O) groups is 3. The first-order chi connectivity index (χ1) is 16.5. The molecule has 184 valence electrons. The molecule has 2 N–H and O–H groups in total. The Morgan fingerprint density at radius 2 is 1.94 bits per heavy atom. The maximum Gasteiger partial charge on any atom is 0.329 e. The molecule has 35 heavy (non-hydrogen) atoms. The van der Waals surface area contributed by atoms with Crippen LogP contribution in [0.1, 0.15) is 44.2 Å². The van der Waals surface area contributed by atoms with Crippen molar-refractivity contribution in [2.75, 3.05) is 30.9 Å². The zero-order valence-electron chi connectivity index (χ0n) is 20.4. The van der Waals surface area contributed by atoms with Gasteiger partial charge in [0.15, 0.2) is 0 Å². The van der Waals surface area contributed by atoms with Crippen LogP contribution in [-0.4, -0.2) is 49.0 Å². The van der Waals surface area contributed by atoms with Crippen molar-refractivity contribution in [1.29, 1.82) is 0 Å². The van der Waals surface area contributed by atoms with Crippen LogP contribution in [0, 0.1) is 5.82 Å². The Hall–Kier alpha value is -3.88. The van der Waals surface area contributed by atoms with Crippen LogP contribution >= 0.6 is 0 Å². The minimum absolute atomic E-state index is 0.0121. The quantitative estimate of drug-likeness (QED) is 0.497. The lowest BCUT2D eigenvalue weighted by Crippen LogP contribution is -2.45. The number of amides is 4. The van der Waals surface area contributed by atoms with Gasteiger partial charge in [0.25, 0.3) is 5.91 Å². The lowest BCUT2D eigenvalue weighted by molar-refractivity contribution is -0.127. The van der Waals surface area contributed by atoms with E-state index in [1.807, 2.05) is 12.1 Å². The number of imide groups is 1. The summed E-state index contributed by atoms with van der Waals surface area (Å²) in [4.78, 5) is 40.8. The zero-order chi connectivity index (χ0) is 25.5. The molecule has 2 aliphatic rings. The number of methoxy groups -OCH3 is 1. The van der Waals surface area contributed by atoms with Gasteiger partial charge in [-0.25, -0.2) is 14.1 Å². The molecule has 1 atom stereocenters. The number of ether oxygens (including phenoxy) is 1. The van der Waals surface area contributed by atoms with E-state index < -0.39 is 30.2 Å². The summed E-state index contributed by atoms with van der Waals surface area (Å²) in [6, 6.07) is 8.45. The molecule has 0 spiro atoms. The smallest absolute Gasteiger partial charge is 0.329 e. The SMILES string of the molecule is COc1cc2c(cc1/C=C1/NC(=O)N(CC(=O)Nc3ccc(F)cc3)C1=O)C(C)CC(C)(C)N2C. The van der Waals surface area contributed by atoms with Crippen LogP contribution < -0.4 is 20.3 Å². The standard InChI is InChI=1S/C26H29FN4O4/c1-15-13-26(2,3)30(4)21-12-22(35-5)16(10-19(15)21)11-20-24(33)31(25(34)29-20)14-23(32)28-18-8-6-17(27)7-9-18/h6-12,15H,13-14H2,1-5H3,(H,28,32)(H,29,34)/b20-11+. The summed E-state index contributed by atoms with van der Waals surface area (Å²) in [5.41, 5.74) is 3.26. The fraction of sp³-hybridized carbons (Fsp3) is 0.346. The van der Waals surface area contributed by atoms with Gasteiger partial charge in [-0.05, 0) is 68.2 Å². The van der Waals surface area contributed by atoms with Crippen LogP contribution in [-0.2, 0) is 9.59 Å². The van der Waals surface area contributed by atoms with Gasteiger partial charge >= 0.3 is 6.03 Å². The van der Waals surface area contributed by atoms with E-state index in [9.17, 15) is 18.8 Å². The van der Waals surface area contributed by atoms with E-state index in [1.165, 1.54) is 24.3 Å². The molecule has 9 heteroatoms. The van der Waals surface area contributed by atoms with Crippen molar-refractivity contribution < 1.29 is 23.5 Å². The van der Waals surface area contributed by atoms with Crippen LogP contribution in [0.15, 0.2) is 42.1 Å². The average molecular weight is 481 g/mol. The number of hydrogen-bond acceptors (Lipinski definition) is 5. The maximum atomic E-state index is 13.1. The maximum absolute atomic E-state index is 13.1. The molecule has 8 nitrogen and oxygen atoms in total. The number of hydrogen-bond donors (Lipinski definition) is 2. The number of rotatable bonds is 5. The number of nitrogens with zero attached hydrogens (tertiary/aromatic N) is 2.